The summed E-state index contributed by atoms with van der Waals surface area (Å²) in [4.78, 5) is 20.0. The number of rotatable bonds is 6. The van der Waals surface area contributed by atoms with E-state index < -0.39 is 0 Å². The van der Waals surface area contributed by atoms with Crippen LogP contribution in [-0.2, 0) is 11.3 Å². The number of likely N-dealkylation sites (N-methyl/N-ethyl adjacent to an activating group) is 1. The van der Waals surface area contributed by atoms with Crippen molar-refractivity contribution in [3.63, 3.8) is 0 Å². The number of amides is 1. The first-order valence-corrected chi connectivity index (χ1v) is 7.62. The van der Waals surface area contributed by atoms with Gasteiger partial charge in [0.1, 0.15) is 6.54 Å². The summed E-state index contributed by atoms with van der Waals surface area (Å²) < 4.78 is 0. The predicted octanol–water partition coefficient (Wildman–Crippen LogP) is 1.76. The number of carbonyl (C=O) groups excluding carboxylic acids is 1. The Morgan fingerprint density at radius 3 is 2.62 bits per heavy atom. The quantitative estimate of drug-likeness (QED) is 0.478. The number of aliphatic imine (C=N–C) groups is 1. The van der Waals surface area contributed by atoms with Gasteiger partial charge in [-0.15, -0.1) is 11.3 Å². The van der Waals surface area contributed by atoms with E-state index in [1.54, 1.807) is 25.4 Å². The van der Waals surface area contributed by atoms with Crippen LogP contribution in [0.15, 0.2) is 29.3 Å². The van der Waals surface area contributed by atoms with Crippen molar-refractivity contribution < 1.29 is 4.79 Å². The number of thiophene rings is 1. The molecule has 0 fully saturated rings. The molecule has 0 radical (unpaired) electrons. The lowest BCUT2D eigenvalue weighted by molar-refractivity contribution is -0.127. The Balaban J connectivity index is 2.60. The maximum atomic E-state index is 11.6. The fourth-order valence-electron chi connectivity index (χ4n) is 1.45. The van der Waals surface area contributed by atoms with E-state index in [1.165, 1.54) is 14.7 Å². The molecule has 0 bridgehead atoms. The molecule has 0 aromatic carbocycles. The van der Waals surface area contributed by atoms with Gasteiger partial charge < -0.3 is 15.5 Å². The normalized spacial score (nSPS) is 11.1. The highest BCUT2D eigenvalue weighted by Crippen LogP contribution is 2.14. The molecule has 116 valence electrons. The van der Waals surface area contributed by atoms with Crippen molar-refractivity contribution in [2.45, 2.75) is 20.4 Å². The highest BCUT2D eigenvalue weighted by Gasteiger charge is 2.05. The second-order valence-corrected chi connectivity index (χ2v) is 6.50. The van der Waals surface area contributed by atoms with Crippen LogP contribution in [0.1, 0.15) is 16.7 Å². The SMILES string of the molecule is C=C(C)CNC(=NCC(=O)N(C)C)NCc1ccc(C)s1. The minimum Gasteiger partial charge on any atom is -0.353 e. The van der Waals surface area contributed by atoms with Crippen LogP contribution in [0.25, 0.3) is 0 Å². The van der Waals surface area contributed by atoms with E-state index in [0.29, 0.717) is 19.0 Å². The van der Waals surface area contributed by atoms with E-state index >= 15 is 0 Å². The van der Waals surface area contributed by atoms with Crippen molar-refractivity contribution in [2.75, 3.05) is 27.2 Å². The fraction of sp³-hybridized carbons (Fsp3) is 0.467. The molecule has 5 nitrogen and oxygen atoms in total. The summed E-state index contributed by atoms with van der Waals surface area (Å²) in [6.07, 6.45) is 0. The van der Waals surface area contributed by atoms with Gasteiger partial charge in [-0.1, -0.05) is 12.2 Å². The van der Waals surface area contributed by atoms with Gasteiger partial charge in [-0.05, 0) is 26.0 Å². The van der Waals surface area contributed by atoms with E-state index in [-0.39, 0.29) is 12.5 Å². The number of nitrogens with zero attached hydrogens (tertiary/aromatic N) is 2. The summed E-state index contributed by atoms with van der Waals surface area (Å²) in [6.45, 7) is 9.33. The Morgan fingerprint density at radius 1 is 1.38 bits per heavy atom. The molecule has 1 aromatic rings. The Labute approximate surface area is 130 Å². The number of nitrogens with one attached hydrogen (secondary N) is 2. The van der Waals surface area contributed by atoms with Crippen molar-refractivity contribution in [3.8, 4) is 0 Å². The van der Waals surface area contributed by atoms with Crippen LogP contribution in [0.2, 0.25) is 0 Å². The van der Waals surface area contributed by atoms with Crippen LogP contribution >= 0.6 is 11.3 Å². The molecule has 21 heavy (non-hydrogen) atoms. The Bertz CT molecular complexity index is 519. The molecule has 0 saturated heterocycles. The van der Waals surface area contributed by atoms with Crippen molar-refractivity contribution in [3.05, 3.63) is 34.0 Å². The highest BCUT2D eigenvalue weighted by atomic mass is 32.1. The lowest BCUT2D eigenvalue weighted by atomic mass is 10.3. The molecule has 0 aliphatic heterocycles. The van der Waals surface area contributed by atoms with Gasteiger partial charge in [0, 0.05) is 30.4 Å². The van der Waals surface area contributed by atoms with Crippen LogP contribution in [0.3, 0.4) is 0 Å². The number of hydrogen-bond donors (Lipinski definition) is 2. The number of carbonyl (C=O) groups is 1. The molecule has 1 amide bonds. The second-order valence-electron chi connectivity index (χ2n) is 5.13. The molecule has 0 spiro atoms. The van der Waals surface area contributed by atoms with Gasteiger partial charge in [0.25, 0.3) is 0 Å². The largest absolute Gasteiger partial charge is 0.353 e. The smallest absolute Gasteiger partial charge is 0.243 e. The summed E-state index contributed by atoms with van der Waals surface area (Å²) in [5.74, 6) is 0.595. The Morgan fingerprint density at radius 2 is 2.10 bits per heavy atom. The third-order valence-corrected chi connectivity index (χ3v) is 3.66. The second kappa shape index (κ2) is 8.46. The molecule has 0 atom stereocenters. The molecule has 0 aliphatic carbocycles. The van der Waals surface area contributed by atoms with Crippen LogP contribution in [0, 0.1) is 6.92 Å². The minimum absolute atomic E-state index is 0.0293. The first kappa shape index (κ1) is 17.2. The molecule has 1 rings (SSSR count). The van der Waals surface area contributed by atoms with Crippen LogP contribution in [0.5, 0.6) is 0 Å². The third kappa shape index (κ3) is 6.94. The van der Waals surface area contributed by atoms with Crippen LogP contribution in [-0.4, -0.2) is 44.0 Å². The van der Waals surface area contributed by atoms with Gasteiger partial charge >= 0.3 is 0 Å². The number of aryl methyl sites for hydroxylation is 1. The maximum absolute atomic E-state index is 11.6. The van der Waals surface area contributed by atoms with Gasteiger partial charge in [0.15, 0.2) is 5.96 Å². The standard InChI is InChI=1S/C15H24N4OS/c1-11(2)8-16-15(18-10-14(20)19(4)5)17-9-13-7-6-12(3)21-13/h6-7H,1,8-10H2,2-5H3,(H2,16,17,18). The van der Waals surface area contributed by atoms with Crippen LogP contribution < -0.4 is 10.6 Å². The van der Waals surface area contributed by atoms with Crippen molar-refractivity contribution in [1.82, 2.24) is 15.5 Å². The van der Waals surface area contributed by atoms with E-state index in [0.717, 1.165) is 5.57 Å². The molecule has 1 heterocycles. The molecule has 2 N–H and O–H groups in total. The molecule has 0 unspecified atom stereocenters. The molecular formula is C15H24N4OS. The predicted molar refractivity (Wildman–Crippen MR) is 89.7 cm³/mol. The average Bonchev–Trinajstić information content (AvgIpc) is 2.82. The Kier molecular flexibility index (Phi) is 6.94. The van der Waals surface area contributed by atoms with Crippen molar-refractivity contribution >= 4 is 23.2 Å². The van der Waals surface area contributed by atoms with Gasteiger partial charge in [-0.25, -0.2) is 4.99 Å². The summed E-state index contributed by atoms with van der Waals surface area (Å²) in [5.41, 5.74) is 1.01. The molecule has 0 saturated carbocycles. The minimum atomic E-state index is -0.0293. The zero-order chi connectivity index (χ0) is 15.8. The van der Waals surface area contributed by atoms with Crippen molar-refractivity contribution in [1.29, 1.82) is 0 Å². The van der Waals surface area contributed by atoms with E-state index in [2.05, 4.69) is 41.3 Å². The Hall–Kier alpha value is -1.82. The monoisotopic (exact) mass is 308 g/mol. The zero-order valence-electron chi connectivity index (χ0n) is 13.2. The van der Waals surface area contributed by atoms with Gasteiger partial charge in [0.05, 0.1) is 6.54 Å². The number of guanidine groups is 1. The lowest BCUT2D eigenvalue weighted by Crippen LogP contribution is -2.38. The van der Waals surface area contributed by atoms with Crippen LogP contribution in [0.4, 0.5) is 0 Å². The fourth-order valence-corrected chi connectivity index (χ4v) is 2.28. The first-order chi connectivity index (χ1) is 9.88. The molecule has 0 aliphatic rings. The maximum Gasteiger partial charge on any atom is 0.243 e. The lowest BCUT2D eigenvalue weighted by Gasteiger charge is -2.13. The summed E-state index contributed by atoms with van der Waals surface area (Å²) in [5, 5.41) is 6.40. The molecule has 6 heteroatoms. The summed E-state index contributed by atoms with van der Waals surface area (Å²) in [7, 11) is 3.45. The third-order valence-electron chi connectivity index (χ3n) is 2.65. The summed E-state index contributed by atoms with van der Waals surface area (Å²) in [6, 6.07) is 4.18. The van der Waals surface area contributed by atoms with E-state index in [4.69, 9.17) is 0 Å². The molecular weight excluding hydrogens is 284 g/mol. The molecule has 1 aromatic heterocycles. The van der Waals surface area contributed by atoms with E-state index in [1.807, 2.05) is 6.92 Å². The number of hydrogen-bond acceptors (Lipinski definition) is 3. The zero-order valence-corrected chi connectivity index (χ0v) is 14.0. The van der Waals surface area contributed by atoms with Gasteiger partial charge in [-0.3, -0.25) is 4.79 Å². The van der Waals surface area contributed by atoms with E-state index in [9.17, 15) is 4.79 Å². The highest BCUT2D eigenvalue weighted by molar-refractivity contribution is 7.11. The van der Waals surface area contributed by atoms with Gasteiger partial charge in [0.2, 0.25) is 5.91 Å². The van der Waals surface area contributed by atoms with Crippen molar-refractivity contribution in [2.24, 2.45) is 4.99 Å². The van der Waals surface area contributed by atoms with Gasteiger partial charge in [-0.2, -0.15) is 0 Å². The summed E-state index contributed by atoms with van der Waals surface area (Å²) >= 11 is 1.75. The topological polar surface area (TPSA) is 56.7 Å². The first-order valence-electron chi connectivity index (χ1n) is 6.80. The average molecular weight is 308 g/mol.